The Morgan fingerprint density at radius 1 is 1.45 bits per heavy atom. The molecule has 5 nitrogen and oxygen atoms in total. The van der Waals surface area contributed by atoms with Gasteiger partial charge in [0.2, 0.25) is 5.91 Å². The van der Waals surface area contributed by atoms with Gasteiger partial charge in [-0.25, -0.2) is 0 Å². The molecule has 1 unspecified atom stereocenters. The van der Waals surface area contributed by atoms with E-state index >= 15 is 0 Å². The number of anilines is 1. The second-order valence-electron chi connectivity index (χ2n) is 6.34. The maximum atomic E-state index is 12.0. The molecule has 0 saturated carbocycles. The minimum absolute atomic E-state index is 0.0179. The van der Waals surface area contributed by atoms with Crippen molar-refractivity contribution in [3.05, 3.63) is 29.3 Å². The van der Waals surface area contributed by atoms with E-state index in [2.05, 4.69) is 10.2 Å². The summed E-state index contributed by atoms with van der Waals surface area (Å²) >= 11 is 5.99. The van der Waals surface area contributed by atoms with E-state index in [1.165, 1.54) is 0 Å². The maximum Gasteiger partial charge on any atom is 0.309 e. The monoisotopic (exact) mass is 324 g/mol. The first-order valence-electron chi connectivity index (χ1n) is 7.31. The van der Waals surface area contributed by atoms with Crippen molar-refractivity contribution in [2.75, 3.05) is 18.0 Å². The molecule has 0 spiro atoms. The normalized spacial score (nSPS) is 18.3. The smallest absolute Gasteiger partial charge is 0.309 e. The third kappa shape index (κ3) is 4.13. The van der Waals surface area contributed by atoms with Crippen LogP contribution >= 0.6 is 11.6 Å². The summed E-state index contributed by atoms with van der Waals surface area (Å²) in [6.07, 6.45) is 0.821. The fraction of sp³-hybridized carbons (Fsp3) is 0.500. The van der Waals surface area contributed by atoms with E-state index in [0.29, 0.717) is 11.6 Å². The van der Waals surface area contributed by atoms with Crippen LogP contribution in [-0.2, 0) is 9.59 Å². The lowest BCUT2D eigenvalue weighted by atomic mass is 9.89. The predicted molar refractivity (Wildman–Crippen MR) is 86.2 cm³/mol. The zero-order chi connectivity index (χ0) is 16.3. The highest BCUT2D eigenvalue weighted by atomic mass is 35.5. The van der Waals surface area contributed by atoms with Gasteiger partial charge in [-0.05, 0) is 38.5 Å². The zero-order valence-corrected chi connectivity index (χ0v) is 13.6. The first-order valence-corrected chi connectivity index (χ1v) is 7.69. The first kappa shape index (κ1) is 16.6. The molecule has 1 aliphatic heterocycles. The maximum absolute atomic E-state index is 12.0. The van der Waals surface area contributed by atoms with Crippen molar-refractivity contribution in [1.29, 1.82) is 0 Å². The molecule has 2 rings (SSSR count). The number of hydrogen-bond acceptors (Lipinski definition) is 3. The second-order valence-corrected chi connectivity index (χ2v) is 6.78. The Bertz CT molecular complexity index is 574. The number of halogens is 1. The van der Waals surface area contributed by atoms with Crippen LogP contribution < -0.4 is 10.2 Å². The average Bonchev–Trinajstić information content (AvgIpc) is 2.86. The molecule has 2 N–H and O–H groups in total. The highest BCUT2D eigenvalue weighted by Gasteiger charge is 2.32. The van der Waals surface area contributed by atoms with Gasteiger partial charge in [-0.15, -0.1) is 0 Å². The van der Waals surface area contributed by atoms with Gasteiger partial charge >= 0.3 is 5.97 Å². The van der Waals surface area contributed by atoms with E-state index in [1.807, 2.05) is 24.3 Å². The number of carboxylic acids is 1. The third-order valence-corrected chi connectivity index (χ3v) is 4.14. The van der Waals surface area contributed by atoms with Crippen molar-refractivity contribution in [3.63, 3.8) is 0 Å². The summed E-state index contributed by atoms with van der Waals surface area (Å²) in [5, 5.41) is 12.7. The number of hydrogen-bond donors (Lipinski definition) is 2. The van der Waals surface area contributed by atoms with Gasteiger partial charge in [0.25, 0.3) is 0 Å². The van der Waals surface area contributed by atoms with Gasteiger partial charge in [0.1, 0.15) is 0 Å². The van der Waals surface area contributed by atoms with E-state index in [4.69, 9.17) is 16.7 Å². The standard InChI is InChI=1S/C16H21ClN2O3/c1-16(2,15(21)22)9-14(20)18-12-6-7-19(10-12)13-5-3-4-11(17)8-13/h3-5,8,12H,6-7,9-10H2,1-2H3,(H,18,20)(H,21,22). The minimum Gasteiger partial charge on any atom is -0.481 e. The number of carbonyl (C=O) groups excluding carboxylic acids is 1. The molecule has 1 aliphatic rings. The van der Waals surface area contributed by atoms with Crippen LogP contribution in [0.15, 0.2) is 24.3 Å². The van der Waals surface area contributed by atoms with E-state index in [1.54, 1.807) is 13.8 Å². The predicted octanol–water partition coefficient (Wildman–Crippen LogP) is 2.54. The van der Waals surface area contributed by atoms with Crippen LogP contribution in [0.3, 0.4) is 0 Å². The van der Waals surface area contributed by atoms with Gasteiger partial charge in [0, 0.05) is 36.3 Å². The molecule has 6 heteroatoms. The molecule has 0 bridgehead atoms. The van der Waals surface area contributed by atoms with Crippen molar-refractivity contribution in [1.82, 2.24) is 5.32 Å². The molecule has 1 fully saturated rings. The Labute approximate surface area is 135 Å². The van der Waals surface area contributed by atoms with E-state index in [9.17, 15) is 9.59 Å². The van der Waals surface area contributed by atoms with Crippen LogP contribution in [0.5, 0.6) is 0 Å². The molecule has 1 saturated heterocycles. The van der Waals surface area contributed by atoms with Crippen LogP contribution in [-0.4, -0.2) is 36.1 Å². The van der Waals surface area contributed by atoms with Gasteiger partial charge in [-0.1, -0.05) is 17.7 Å². The zero-order valence-electron chi connectivity index (χ0n) is 12.8. The summed E-state index contributed by atoms with van der Waals surface area (Å²) in [5.74, 6) is -1.18. The highest BCUT2D eigenvalue weighted by Crippen LogP contribution is 2.24. The fourth-order valence-electron chi connectivity index (χ4n) is 2.54. The van der Waals surface area contributed by atoms with Crippen molar-refractivity contribution in [2.45, 2.75) is 32.7 Å². The highest BCUT2D eigenvalue weighted by molar-refractivity contribution is 6.30. The van der Waals surface area contributed by atoms with Gasteiger partial charge < -0.3 is 15.3 Å². The fourth-order valence-corrected chi connectivity index (χ4v) is 2.73. The summed E-state index contributed by atoms with van der Waals surface area (Å²) < 4.78 is 0. The van der Waals surface area contributed by atoms with Crippen LogP contribution in [0.4, 0.5) is 5.69 Å². The molecular formula is C16H21ClN2O3. The van der Waals surface area contributed by atoms with Gasteiger partial charge in [0.05, 0.1) is 5.41 Å². The molecule has 1 amide bonds. The number of carboxylic acid groups (broad SMARTS) is 1. The summed E-state index contributed by atoms with van der Waals surface area (Å²) in [4.78, 5) is 25.2. The number of benzene rings is 1. The molecule has 0 aromatic heterocycles. The summed E-state index contributed by atoms with van der Waals surface area (Å²) in [7, 11) is 0. The lowest BCUT2D eigenvalue weighted by molar-refractivity contribution is -0.149. The van der Waals surface area contributed by atoms with Crippen LogP contribution in [0.2, 0.25) is 5.02 Å². The van der Waals surface area contributed by atoms with E-state index in [-0.39, 0.29) is 18.4 Å². The van der Waals surface area contributed by atoms with Crippen LogP contribution in [0.25, 0.3) is 0 Å². The van der Waals surface area contributed by atoms with Gasteiger partial charge in [-0.3, -0.25) is 9.59 Å². The third-order valence-electron chi connectivity index (χ3n) is 3.91. The van der Waals surface area contributed by atoms with E-state index in [0.717, 1.165) is 18.7 Å². The number of aliphatic carboxylic acids is 1. The SMILES string of the molecule is CC(C)(CC(=O)NC1CCN(c2cccc(Cl)c2)C1)C(=O)O. The Hall–Kier alpha value is -1.75. The Balaban J connectivity index is 1.89. The molecule has 1 heterocycles. The minimum atomic E-state index is -1.05. The Kier molecular flexibility index (Phi) is 4.96. The molecule has 1 aromatic carbocycles. The lowest BCUT2D eigenvalue weighted by Crippen LogP contribution is -2.40. The van der Waals surface area contributed by atoms with Crippen molar-refractivity contribution in [2.24, 2.45) is 5.41 Å². The summed E-state index contributed by atoms with van der Waals surface area (Å²) in [6, 6.07) is 7.66. The van der Waals surface area contributed by atoms with Crippen LogP contribution in [0.1, 0.15) is 26.7 Å². The Morgan fingerprint density at radius 2 is 2.18 bits per heavy atom. The molecular weight excluding hydrogens is 304 g/mol. The van der Waals surface area contributed by atoms with Gasteiger partial charge in [-0.2, -0.15) is 0 Å². The molecule has 0 radical (unpaired) electrons. The number of nitrogens with zero attached hydrogens (tertiary/aromatic N) is 1. The molecule has 22 heavy (non-hydrogen) atoms. The quantitative estimate of drug-likeness (QED) is 0.873. The van der Waals surface area contributed by atoms with Crippen LogP contribution in [0, 0.1) is 5.41 Å². The molecule has 1 aromatic rings. The van der Waals surface area contributed by atoms with Crippen molar-refractivity contribution in [3.8, 4) is 0 Å². The topological polar surface area (TPSA) is 69.6 Å². The largest absolute Gasteiger partial charge is 0.481 e. The Morgan fingerprint density at radius 3 is 2.82 bits per heavy atom. The number of nitrogens with one attached hydrogen (secondary N) is 1. The van der Waals surface area contributed by atoms with E-state index < -0.39 is 11.4 Å². The summed E-state index contributed by atoms with van der Waals surface area (Å²) in [5.41, 5.74) is -0.00916. The average molecular weight is 325 g/mol. The van der Waals surface area contributed by atoms with Gasteiger partial charge in [0.15, 0.2) is 0 Å². The van der Waals surface area contributed by atoms with Crippen molar-refractivity contribution >= 4 is 29.2 Å². The molecule has 0 aliphatic carbocycles. The number of amides is 1. The first-order chi connectivity index (χ1) is 10.3. The summed E-state index contributed by atoms with van der Waals surface area (Å²) in [6.45, 7) is 4.66. The molecule has 1 atom stereocenters. The molecule has 120 valence electrons. The number of rotatable bonds is 5. The van der Waals surface area contributed by atoms with Crippen molar-refractivity contribution < 1.29 is 14.7 Å². The second kappa shape index (κ2) is 6.57. The number of carbonyl (C=O) groups is 2. The lowest BCUT2D eigenvalue weighted by Gasteiger charge is -2.21.